The van der Waals surface area contributed by atoms with E-state index in [-0.39, 0.29) is 5.75 Å². The minimum atomic E-state index is -3.25. The number of ether oxygens (including phenoxy) is 1. The summed E-state index contributed by atoms with van der Waals surface area (Å²) in [5.41, 5.74) is 3.23. The lowest BCUT2D eigenvalue weighted by molar-refractivity contribution is 0.0901. The Balaban J connectivity index is 1.81. The second kappa shape index (κ2) is 10.2. The molecule has 0 saturated carbocycles. The van der Waals surface area contributed by atoms with Gasteiger partial charge in [0, 0.05) is 45.9 Å². The van der Waals surface area contributed by atoms with Gasteiger partial charge in [-0.2, -0.15) is 0 Å². The van der Waals surface area contributed by atoms with Gasteiger partial charge in [-0.15, -0.1) is 0 Å². The van der Waals surface area contributed by atoms with Crippen LogP contribution in [0, 0.1) is 0 Å². The van der Waals surface area contributed by atoms with Crippen LogP contribution >= 0.6 is 0 Å². The maximum Gasteiger partial charge on any atom is 0.218 e. The van der Waals surface area contributed by atoms with Crippen molar-refractivity contribution in [3.8, 4) is 0 Å². The molecule has 0 bridgehead atoms. The molecule has 1 aliphatic rings. The van der Waals surface area contributed by atoms with E-state index in [1.807, 2.05) is 6.07 Å². The lowest BCUT2D eigenvalue weighted by Crippen LogP contribution is -2.29. The van der Waals surface area contributed by atoms with Gasteiger partial charge in [0.15, 0.2) is 0 Å². The predicted molar refractivity (Wildman–Crippen MR) is 132 cm³/mol. The van der Waals surface area contributed by atoms with Crippen LogP contribution in [0.2, 0.25) is 25.7 Å². The first kappa shape index (κ1) is 24.4. The summed E-state index contributed by atoms with van der Waals surface area (Å²) >= 11 is 0. The largest absolute Gasteiger partial charge is 0.361 e. The molecular formula is C23H39N3O3SSi. The Morgan fingerprint density at radius 3 is 2.48 bits per heavy atom. The third kappa shape index (κ3) is 6.89. The number of hydrogen-bond acceptors (Lipinski definition) is 4. The van der Waals surface area contributed by atoms with Gasteiger partial charge < -0.3 is 14.2 Å². The second-order valence-corrected chi connectivity index (χ2v) is 17.8. The Morgan fingerprint density at radius 2 is 1.84 bits per heavy atom. The standard InChI is InChI=1S/C23H39N3O3SSi/c1-24(2)13-10-21-17-25(19-29-14-15-31(3,4)5)23-9-8-20(16-22(21)23)18-30(27,28)26-11-6-7-12-26/h8-9,16-17H,6-7,10-15,18-19H2,1-5H3. The summed E-state index contributed by atoms with van der Waals surface area (Å²) in [5.74, 6) is 0.0773. The highest BCUT2D eigenvalue weighted by Crippen LogP contribution is 2.26. The van der Waals surface area contributed by atoms with Crippen molar-refractivity contribution in [2.45, 2.75) is 57.4 Å². The molecule has 8 heteroatoms. The maximum atomic E-state index is 12.8. The third-order valence-electron chi connectivity index (χ3n) is 5.89. The van der Waals surface area contributed by atoms with E-state index >= 15 is 0 Å². The van der Waals surface area contributed by atoms with Gasteiger partial charge in [0.25, 0.3) is 0 Å². The quantitative estimate of drug-likeness (QED) is 0.372. The molecule has 2 aromatic rings. The topological polar surface area (TPSA) is 54.8 Å². The zero-order valence-corrected chi connectivity index (χ0v) is 21.7. The highest BCUT2D eigenvalue weighted by molar-refractivity contribution is 7.88. The average Bonchev–Trinajstić information content (AvgIpc) is 3.31. The number of benzene rings is 1. The molecule has 0 spiro atoms. The maximum absolute atomic E-state index is 12.8. The highest BCUT2D eigenvalue weighted by Gasteiger charge is 2.25. The van der Waals surface area contributed by atoms with Crippen LogP contribution in [0.15, 0.2) is 24.4 Å². The lowest BCUT2D eigenvalue weighted by Gasteiger charge is -2.16. The van der Waals surface area contributed by atoms with Crippen LogP contribution in [0.5, 0.6) is 0 Å². The predicted octanol–water partition coefficient (Wildman–Crippen LogP) is 3.98. The van der Waals surface area contributed by atoms with Crippen molar-refractivity contribution in [2.24, 2.45) is 0 Å². The average molecular weight is 466 g/mol. The van der Waals surface area contributed by atoms with Crippen molar-refractivity contribution in [2.75, 3.05) is 40.3 Å². The van der Waals surface area contributed by atoms with E-state index in [0.29, 0.717) is 19.8 Å². The van der Waals surface area contributed by atoms with Gasteiger partial charge >= 0.3 is 0 Å². The van der Waals surface area contributed by atoms with E-state index in [4.69, 9.17) is 4.74 Å². The zero-order chi connectivity index (χ0) is 22.6. The van der Waals surface area contributed by atoms with Gasteiger partial charge in [0.1, 0.15) is 6.73 Å². The van der Waals surface area contributed by atoms with E-state index in [9.17, 15) is 8.42 Å². The first-order valence-electron chi connectivity index (χ1n) is 11.4. The van der Waals surface area contributed by atoms with E-state index in [2.05, 4.69) is 61.5 Å². The molecule has 0 aliphatic carbocycles. The number of rotatable bonds is 11. The van der Waals surface area contributed by atoms with Gasteiger partial charge in [-0.05, 0) is 62.7 Å². The highest BCUT2D eigenvalue weighted by atomic mass is 32.2. The fourth-order valence-corrected chi connectivity index (χ4v) is 6.32. The molecule has 0 atom stereocenters. The Kier molecular flexibility index (Phi) is 8.02. The molecule has 31 heavy (non-hydrogen) atoms. The smallest absolute Gasteiger partial charge is 0.218 e. The molecule has 174 valence electrons. The summed E-state index contributed by atoms with van der Waals surface area (Å²) in [6, 6.07) is 7.25. The molecule has 6 nitrogen and oxygen atoms in total. The SMILES string of the molecule is CN(C)CCc1cn(COCC[Si](C)(C)C)c2ccc(CS(=O)(=O)N3CCCC3)cc12. The molecule has 2 heterocycles. The molecule has 0 radical (unpaired) electrons. The molecular weight excluding hydrogens is 426 g/mol. The summed E-state index contributed by atoms with van der Waals surface area (Å²) in [6.45, 7) is 10.7. The molecule has 0 N–H and O–H groups in total. The molecule has 1 saturated heterocycles. The number of aromatic nitrogens is 1. The van der Waals surface area contributed by atoms with E-state index < -0.39 is 18.1 Å². The van der Waals surface area contributed by atoms with E-state index in [1.54, 1.807) is 4.31 Å². The summed E-state index contributed by atoms with van der Waals surface area (Å²) < 4.78 is 35.4. The van der Waals surface area contributed by atoms with Crippen molar-refractivity contribution in [3.05, 3.63) is 35.5 Å². The molecule has 0 amide bonds. The molecule has 1 aromatic heterocycles. The first-order valence-corrected chi connectivity index (χ1v) is 16.7. The van der Waals surface area contributed by atoms with Crippen molar-refractivity contribution in [1.29, 1.82) is 0 Å². The van der Waals surface area contributed by atoms with Crippen molar-refractivity contribution >= 4 is 29.0 Å². The monoisotopic (exact) mass is 465 g/mol. The van der Waals surface area contributed by atoms with Crippen molar-refractivity contribution < 1.29 is 13.2 Å². The fourth-order valence-electron chi connectivity index (χ4n) is 3.97. The van der Waals surface area contributed by atoms with Gasteiger partial charge in [-0.3, -0.25) is 0 Å². The normalized spacial score (nSPS) is 16.1. The number of fused-ring (bicyclic) bond motifs is 1. The van der Waals surface area contributed by atoms with Crippen LogP contribution in [0.4, 0.5) is 0 Å². The van der Waals surface area contributed by atoms with Crippen LogP contribution in [-0.2, 0) is 33.7 Å². The van der Waals surface area contributed by atoms with E-state index in [1.165, 1.54) is 5.56 Å². The van der Waals surface area contributed by atoms with E-state index in [0.717, 1.165) is 54.9 Å². The zero-order valence-electron chi connectivity index (χ0n) is 19.9. The Morgan fingerprint density at radius 1 is 1.13 bits per heavy atom. The number of hydrogen-bond donors (Lipinski definition) is 0. The molecule has 3 rings (SSSR count). The minimum Gasteiger partial charge on any atom is -0.361 e. The second-order valence-electron chi connectivity index (χ2n) is 10.2. The number of nitrogens with zero attached hydrogens (tertiary/aromatic N) is 3. The Hall–Kier alpha value is -1.19. The molecule has 1 fully saturated rings. The van der Waals surface area contributed by atoms with Gasteiger partial charge in [0.05, 0.1) is 11.3 Å². The van der Waals surface area contributed by atoms with Gasteiger partial charge in [-0.25, -0.2) is 12.7 Å². The fraction of sp³-hybridized carbons (Fsp3) is 0.652. The van der Waals surface area contributed by atoms with Gasteiger partial charge in [-0.1, -0.05) is 25.7 Å². The number of likely N-dealkylation sites (N-methyl/N-ethyl adjacent to an activating group) is 1. The van der Waals surface area contributed by atoms with Crippen LogP contribution in [0.25, 0.3) is 10.9 Å². The summed E-state index contributed by atoms with van der Waals surface area (Å²) in [7, 11) is -0.207. The summed E-state index contributed by atoms with van der Waals surface area (Å²) in [6.07, 6.45) is 5.04. The Bertz CT molecular complexity index is 974. The number of sulfonamides is 1. The van der Waals surface area contributed by atoms with Crippen LogP contribution < -0.4 is 0 Å². The van der Waals surface area contributed by atoms with Crippen molar-refractivity contribution in [3.63, 3.8) is 0 Å². The lowest BCUT2D eigenvalue weighted by atomic mass is 10.1. The summed E-state index contributed by atoms with van der Waals surface area (Å²) in [4.78, 5) is 2.18. The van der Waals surface area contributed by atoms with Crippen LogP contribution in [0.1, 0.15) is 24.0 Å². The van der Waals surface area contributed by atoms with Crippen LogP contribution in [0.3, 0.4) is 0 Å². The van der Waals surface area contributed by atoms with Gasteiger partial charge in [0.2, 0.25) is 10.0 Å². The molecule has 1 aliphatic heterocycles. The molecule has 1 aromatic carbocycles. The Labute approximate surface area is 189 Å². The van der Waals surface area contributed by atoms with Crippen LogP contribution in [-0.4, -0.2) is 70.6 Å². The first-order chi connectivity index (χ1) is 14.5. The van der Waals surface area contributed by atoms with Crippen molar-refractivity contribution in [1.82, 2.24) is 13.8 Å². The third-order valence-corrected chi connectivity index (χ3v) is 9.44. The minimum absolute atomic E-state index is 0.0773. The molecule has 0 unspecified atom stereocenters. The summed E-state index contributed by atoms with van der Waals surface area (Å²) in [5, 5.41) is 1.14.